The summed E-state index contributed by atoms with van der Waals surface area (Å²) in [6, 6.07) is 7.44. The molecule has 2 unspecified atom stereocenters. The minimum absolute atomic E-state index is 0.0000227. The second-order valence-electron chi connectivity index (χ2n) is 4.87. The van der Waals surface area contributed by atoms with Crippen molar-refractivity contribution in [3.63, 3.8) is 0 Å². The summed E-state index contributed by atoms with van der Waals surface area (Å²) in [5, 5.41) is 3.65. The lowest BCUT2D eigenvalue weighted by atomic mass is 9.94. The maximum absolute atomic E-state index is 12.1. The molecule has 3 nitrogen and oxygen atoms in total. The minimum atomic E-state index is -0.147. The molecule has 1 rings (SSSR count). The summed E-state index contributed by atoms with van der Waals surface area (Å²) >= 11 is 5.93. The van der Waals surface area contributed by atoms with E-state index in [0.29, 0.717) is 11.6 Å². The van der Waals surface area contributed by atoms with Gasteiger partial charge in [0.2, 0.25) is 5.91 Å². The molecule has 100 valence electrons. The molecular weight excluding hydrogens is 248 g/mol. The molecule has 0 aliphatic heterocycles. The number of hydrogen-bond acceptors (Lipinski definition) is 2. The first kappa shape index (κ1) is 15.0. The highest BCUT2D eigenvalue weighted by atomic mass is 35.5. The Bertz CT molecular complexity index is 407. The van der Waals surface area contributed by atoms with Crippen LogP contribution in [0.4, 0.5) is 0 Å². The summed E-state index contributed by atoms with van der Waals surface area (Å²) in [7, 11) is 0. The third-order valence-corrected chi connectivity index (χ3v) is 3.34. The zero-order valence-electron chi connectivity index (χ0n) is 11.1. The van der Waals surface area contributed by atoms with Crippen molar-refractivity contribution in [2.24, 2.45) is 17.6 Å². The fraction of sp³-hybridized carbons (Fsp3) is 0.500. The Labute approximate surface area is 114 Å². The van der Waals surface area contributed by atoms with E-state index in [1.165, 1.54) is 0 Å². The number of rotatable bonds is 5. The molecule has 3 N–H and O–H groups in total. The van der Waals surface area contributed by atoms with Crippen molar-refractivity contribution < 1.29 is 4.79 Å². The van der Waals surface area contributed by atoms with Crippen LogP contribution >= 0.6 is 11.6 Å². The predicted molar refractivity (Wildman–Crippen MR) is 75.4 cm³/mol. The largest absolute Gasteiger partial charge is 0.349 e. The predicted octanol–water partition coefficient (Wildman–Crippen LogP) is 2.75. The van der Waals surface area contributed by atoms with Crippen molar-refractivity contribution in [1.29, 1.82) is 0 Å². The van der Waals surface area contributed by atoms with E-state index >= 15 is 0 Å². The van der Waals surface area contributed by atoms with E-state index in [2.05, 4.69) is 5.32 Å². The molecule has 2 atom stereocenters. The van der Waals surface area contributed by atoms with Crippen LogP contribution in [0.3, 0.4) is 0 Å². The first-order valence-electron chi connectivity index (χ1n) is 6.21. The quantitative estimate of drug-likeness (QED) is 0.863. The van der Waals surface area contributed by atoms with E-state index in [0.717, 1.165) is 5.56 Å². The van der Waals surface area contributed by atoms with Crippen LogP contribution < -0.4 is 11.1 Å². The molecule has 0 aromatic heterocycles. The monoisotopic (exact) mass is 268 g/mol. The van der Waals surface area contributed by atoms with Gasteiger partial charge in [-0.3, -0.25) is 4.79 Å². The van der Waals surface area contributed by atoms with Crippen molar-refractivity contribution in [3.05, 3.63) is 34.9 Å². The Kier molecular flexibility index (Phi) is 5.63. The Hall–Kier alpha value is -1.06. The molecule has 0 aliphatic rings. The molecule has 0 saturated heterocycles. The molecule has 1 aromatic carbocycles. The Morgan fingerprint density at radius 2 is 2.06 bits per heavy atom. The van der Waals surface area contributed by atoms with Gasteiger partial charge in [-0.25, -0.2) is 0 Å². The van der Waals surface area contributed by atoms with Gasteiger partial charge in [0.25, 0.3) is 0 Å². The second-order valence-corrected chi connectivity index (χ2v) is 5.31. The van der Waals surface area contributed by atoms with Gasteiger partial charge in [0.05, 0.1) is 12.0 Å². The number of benzene rings is 1. The fourth-order valence-corrected chi connectivity index (χ4v) is 2.06. The van der Waals surface area contributed by atoms with Crippen LogP contribution in [0.5, 0.6) is 0 Å². The van der Waals surface area contributed by atoms with E-state index in [1.807, 2.05) is 45.0 Å². The van der Waals surface area contributed by atoms with Crippen molar-refractivity contribution in [2.75, 3.05) is 6.54 Å². The topological polar surface area (TPSA) is 55.1 Å². The molecule has 4 heteroatoms. The van der Waals surface area contributed by atoms with Gasteiger partial charge >= 0.3 is 0 Å². The van der Waals surface area contributed by atoms with Gasteiger partial charge in [-0.15, -0.1) is 0 Å². The van der Waals surface area contributed by atoms with Crippen LogP contribution in [0.15, 0.2) is 24.3 Å². The number of nitrogens with two attached hydrogens (primary N) is 1. The van der Waals surface area contributed by atoms with Crippen LogP contribution in [0.1, 0.15) is 32.4 Å². The smallest absolute Gasteiger partial charge is 0.225 e. The van der Waals surface area contributed by atoms with E-state index < -0.39 is 0 Å². The van der Waals surface area contributed by atoms with Crippen LogP contribution in [0.2, 0.25) is 5.02 Å². The fourth-order valence-electron chi connectivity index (χ4n) is 1.86. The molecule has 18 heavy (non-hydrogen) atoms. The number of carbonyl (C=O) groups excluding carboxylic acids is 1. The molecule has 0 saturated carbocycles. The highest BCUT2D eigenvalue weighted by Gasteiger charge is 2.22. The molecule has 1 aromatic rings. The summed E-state index contributed by atoms with van der Waals surface area (Å²) in [5.74, 6) is 0.0909. The number of nitrogens with one attached hydrogen (secondary N) is 1. The maximum Gasteiger partial charge on any atom is 0.225 e. The van der Waals surface area contributed by atoms with Crippen molar-refractivity contribution in [2.45, 2.75) is 26.8 Å². The number of amides is 1. The Balaban J connectivity index is 2.70. The first-order chi connectivity index (χ1) is 8.45. The van der Waals surface area contributed by atoms with Gasteiger partial charge in [0.15, 0.2) is 0 Å². The van der Waals surface area contributed by atoms with Crippen molar-refractivity contribution in [1.82, 2.24) is 5.32 Å². The SMILES string of the molecule is CC(NC(=O)C(CN)C(C)C)c1cccc(Cl)c1. The highest BCUT2D eigenvalue weighted by Crippen LogP contribution is 2.18. The minimum Gasteiger partial charge on any atom is -0.349 e. The first-order valence-corrected chi connectivity index (χ1v) is 6.59. The summed E-state index contributed by atoms with van der Waals surface area (Å²) in [6.45, 7) is 6.31. The zero-order valence-corrected chi connectivity index (χ0v) is 11.9. The third kappa shape index (κ3) is 4.00. The lowest BCUT2D eigenvalue weighted by Crippen LogP contribution is -2.39. The third-order valence-electron chi connectivity index (χ3n) is 3.10. The number of hydrogen-bond donors (Lipinski definition) is 2. The van der Waals surface area contributed by atoms with Gasteiger partial charge in [0.1, 0.15) is 0 Å². The van der Waals surface area contributed by atoms with Gasteiger partial charge in [-0.2, -0.15) is 0 Å². The number of halogens is 1. The standard InChI is InChI=1S/C14H21ClN2O/c1-9(2)13(8-16)14(18)17-10(3)11-5-4-6-12(15)7-11/h4-7,9-10,13H,8,16H2,1-3H3,(H,17,18). The zero-order chi connectivity index (χ0) is 13.7. The average Bonchev–Trinajstić information content (AvgIpc) is 2.29. The van der Waals surface area contributed by atoms with Gasteiger partial charge in [-0.1, -0.05) is 37.6 Å². The molecule has 1 amide bonds. The summed E-state index contributed by atoms with van der Waals surface area (Å²) < 4.78 is 0. The lowest BCUT2D eigenvalue weighted by Gasteiger charge is -2.22. The summed E-state index contributed by atoms with van der Waals surface area (Å²) in [5.41, 5.74) is 6.63. The van der Waals surface area contributed by atoms with Crippen molar-refractivity contribution in [3.8, 4) is 0 Å². The number of carbonyl (C=O) groups is 1. The van der Waals surface area contributed by atoms with Crippen LogP contribution in [0.25, 0.3) is 0 Å². The molecular formula is C14H21ClN2O. The summed E-state index contributed by atoms with van der Waals surface area (Å²) in [6.07, 6.45) is 0. The van der Waals surface area contributed by atoms with Gasteiger partial charge in [0, 0.05) is 11.6 Å². The molecule has 0 bridgehead atoms. The Morgan fingerprint density at radius 3 is 2.56 bits per heavy atom. The molecule has 0 heterocycles. The molecule has 0 radical (unpaired) electrons. The van der Waals surface area contributed by atoms with Gasteiger partial charge < -0.3 is 11.1 Å². The lowest BCUT2D eigenvalue weighted by molar-refractivity contribution is -0.126. The van der Waals surface area contributed by atoms with E-state index in [-0.39, 0.29) is 23.8 Å². The second kappa shape index (κ2) is 6.76. The van der Waals surface area contributed by atoms with Crippen molar-refractivity contribution >= 4 is 17.5 Å². The normalized spacial score (nSPS) is 14.3. The Morgan fingerprint density at radius 1 is 1.39 bits per heavy atom. The molecule has 0 fully saturated rings. The summed E-state index contributed by atoms with van der Waals surface area (Å²) in [4.78, 5) is 12.1. The highest BCUT2D eigenvalue weighted by molar-refractivity contribution is 6.30. The van der Waals surface area contributed by atoms with Crippen LogP contribution in [0, 0.1) is 11.8 Å². The van der Waals surface area contributed by atoms with Crippen LogP contribution in [-0.2, 0) is 4.79 Å². The molecule has 0 aliphatic carbocycles. The van der Waals surface area contributed by atoms with Gasteiger partial charge in [-0.05, 0) is 30.5 Å². The maximum atomic E-state index is 12.1. The van der Waals surface area contributed by atoms with E-state index in [1.54, 1.807) is 0 Å². The molecule has 0 spiro atoms. The average molecular weight is 269 g/mol. The van der Waals surface area contributed by atoms with E-state index in [9.17, 15) is 4.79 Å². The van der Waals surface area contributed by atoms with Crippen LogP contribution in [-0.4, -0.2) is 12.5 Å². The van der Waals surface area contributed by atoms with E-state index in [4.69, 9.17) is 17.3 Å².